The van der Waals surface area contributed by atoms with E-state index in [1.807, 2.05) is 23.1 Å². The normalized spacial score (nSPS) is 13.1. The molecule has 13 heteroatoms. The first-order chi connectivity index (χ1) is 18.5. The average Bonchev–Trinajstić information content (AvgIpc) is 2.97. The molecule has 3 aromatic rings. The van der Waals surface area contributed by atoms with Crippen molar-refractivity contribution in [3.8, 4) is 11.8 Å². The van der Waals surface area contributed by atoms with E-state index >= 15 is 0 Å². The number of carbonyl (C=O) groups excluding carboxylic acids is 1. The fourth-order valence-corrected chi connectivity index (χ4v) is 5.17. The standard InChI is InChI=1S/C24H27N7O2S.CH3NO2.CH4/c32-34(33,18-5-1-2-8-23-26-12-6-13-27-23)31-16-14-30(15-17-31)24-28-19-21(20-29-24)9-10-22-7-3-4-11-25-22;3-1-2-4;/h3-4,6-7,11-13,19-20H,1-2,5,8,14-18H2;1,4H,(H,2,3);1H4. The summed E-state index contributed by atoms with van der Waals surface area (Å²) in [5, 5.41) is 7.26. The molecule has 4 rings (SSSR count). The van der Waals surface area contributed by atoms with Gasteiger partial charge >= 0.3 is 0 Å². The lowest BCUT2D eigenvalue weighted by atomic mass is 10.2. The number of hydrogen-bond acceptors (Lipinski definition) is 10. The van der Waals surface area contributed by atoms with Crippen LogP contribution in [-0.2, 0) is 21.2 Å². The molecule has 0 radical (unpaired) electrons. The minimum atomic E-state index is -3.26. The number of unbranched alkanes of at least 4 members (excludes halogenated alkanes) is 2. The van der Waals surface area contributed by atoms with Crippen LogP contribution in [0, 0.1) is 11.8 Å². The molecule has 0 aliphatic carbocycles. The predicted molar refractivity (Wildman–Crippen MR) is 147 cm³/mol. The summed E-state index contributed by atoms with van der Waals surface area (Å²) in [6.07, 6.45) is 11.8. The molecule has 3 aromatic heterocycles. The molecule has 208 valence electrons. The second kappa shape index (κ2) is 16.8. The highest BCUT2D eigenvalue weighted by atomic mass is 32.2. The number of amides is 1. The van der Waals surface area contributed by atoms with Crippen LogP contribution in [0.15, 0.2) is 55.2 Å². The first kappa shape index (κ1) is 31.2. The Bertz CT molecular complexity index is 1280. The van der Waals surface area contributed by atoms with Crippen molar-refractivity contribution in [2.24, 2.45) is 0 Å². The number of rotatable bonds is 9. The smallest absolute Gasteiger partial charge is 0.230 e. The lowest BCUT2D eigenvalue weighted by molar-refractivity contribution is -0.116. The molecule has 1 saturated heterocycles. The number of carbonyl (C=O) groups is 1. The van der Waals surface area contributed by atoms with Gasteiger partial charge in [0.15, 0.2) is 0 Å². The molecule has 0 aromatic carbocycles. The van der Waals surface area contributed by atoms with E-state index in [4.69, 9.17) is 10.0 Å². The Morgan fingerprint density at radius 2 is 1.56 bits per heavy atom. The summed E-state index contributed by atoms with van der Waals surface area (Å²) in [5.41, 5.74) is 2.64. The van der Waals surface area contributed by atoms with Crippen LogP contribution in [0.2, 0.25) is 0 Å². The number of pyridine rings is 1. The molecule has 0 bridgehead atoms. The summed E-state index contributed by atoms with van der Waals surface area (Å²) in [4.78, 5) is 32.2. The Morgan fingerprint density at radius 3 is 2.18 bits per heavy atom. The summed E-state index contributed by atoms with van der Waals surface area (Å²) in [6.45, 7) is 1.99. The Morgan fingerprint density at radius 1 is 0.897 bits per heavy atom. The second-order valence-corrected chi connectivity index (χ2v) is 10.2. The van der Waals surface area contributed by atoms with E-state index < -0.39 is 10.0 Å². The Hall–Kier alpha value is -3.99. The molecular weight excluding hydrogens is 520 g/mol. The van der Waals surface area contributed by atoms with E-state index in [1.54, 1.807) is 41.4 Å². The van der Waals surface area contributed by atoms with Crippen LogP contribution < -0.4 is 10.4 Å². The molecule has 0 saturated carbocycles. The number of hydrogen-bond donors (Lipinski definition) is 2. The summed E-state index contributed by atoms with van der Waals surface area (Å²) in [5.74, 6) is 7.55. The topological polar surface area (TPSA) is 154 Å². The van der Waals surface area contributed by atoms with E-state index in [0.29, 0.717) is 49.8 Å². The quantitative estimate of drug-likeness (QED) is 0.131. The highest BCUT2D eigenvalue weighted by Gasteiger charge is 2.27. The number of hydroxylamine groups is 1. The first-order valence-electron chi connectivity index (χ1n) is 12.1. The summed E-state index contributed by atoms with van der Waals surface area (Å²) in [7, 11) is -3.26. The average molecular weight is 555 g/mol. The van der Waals surface area contributed by atoms with Gasteiger partial charge in [0.2, 0.25) is 22.4 Å². The molecule has 0 unspecified atom stereocenters. The van der Waals surface area contributed by atoms with Crippen molar-refractivity contribution >= 4 is 22.4 Å². The maximum atomic E-state index is 12.7. The highest BCUT2D eigenvalue weighted by Crippen LogP contribution is 2.15. The monoisotopic (exact) mass is 554 g/mol. The van der Waals surface area contributed by atoms with Crippen LogP contribution >= 0.6 is 0 Å². The summed E-state index contributed by atoms with van der Waals surface area (Å²) in [6, 6.07) is 7.36. The molecule has 1 fully saturated rings. The van der Waals surface area contributed by atoms with Gasteiger partial charge in [-0.3, -0.25) is 10.0 Å². The van der Waals surface area contributed by atoms with Gasteiger partial charge in [-0.15, -0.1) is 0 Å². The summed E-state index contributed by atoms with van der Waals surface area (Å²) < 4.78 is 27.0. The van der Waals surface area contributed by atoms with Gasteiger partial charge in [0.1, 0.15) is 11.5 Å². The molecule has 0 spiro atoms. The number of piperazine rings is 1. The minimum Gasteiger partial charge on any atom is -0.338 e. The largest absolute Gasteiger partial charge is 0.338 e. The maximum absolute atomic E-state index is 12.7. The van der Waals surface area contributed by atoms with Crippen LogP contribution in [-0.4, -0.2) is 81.2 Å². The first-order valence-corrected chi connectivity index (χ1v) is 13.7. The van der Waals surface area contributed by atoms with Crippen molar-refractivity contribution in [3.63, 3.8) is 0 Å². The van der Waals surface area contributed by atoms with Gasteiger partial charge < -0.3 is 4.90 Å². The summed E-state index contributed by atoms with van der Waals surface area (Å²) >= 11 is 0. The van der Waals surface area contributed by atoms with Crippen molar-refractivity contribution in [3.05, 3.63) is 72.3 Å². The van der Waals surface area contributed by atoms with E-state index in [0.717, 1.165) is 25.1 Å². The lowest BCUT2D eigenvalue weighted by Crippen LogP contribution is -2.49. The molecular formula is C26H34N8O4S. The van der Waals surface area contributed by atoms with E-state index in [2.05, 4.69) is 36.8 Å². The third-order valence-electron chi connectivity index (χ3n) is 5.53. The van der Waals surface area contributed by atoms with Crippen molar-refractivity contribution < 1.29 is 18.4 Å². The third kappa shape index (κ3) is 10.7. The number of aromatic nitrogens is 5. The van der Waals surface area contributed by atoms with Crippen LogP contribution in [0.25, 0.3) is 0 Å². The van der Waals surface area contributed by atoms with Gasteiger partial charge in [0.05, 0.1) is 11.3 Å². The number of nitrogens with zero attached hydrogens (tertiary/aromatic N) is 7. The SMILES string of the molecule is C.O=CNO.O=S(=O)(CCCCCc1ncccn1)N1CCN(c2ncc(C#Cc3ccccn3)cn2)CC1. The van der Waals surface area contributed by atoms with Crippen LogP contribution in [0.4, 0.5) is 5.95 Å². The Labute approximate surface area is 229 Å². The molecule has 39 heavy (non-hydrogen) atoms. The van der Waals surface area contributed by atoms with Gasteiger partial charge in [-0.1, -0.05) is 25.8 Å². The van der Waals surface area contributed by atoms with E-state index in [9.17, 15) is 8.42 Å². The lowest BCUT2D eigenvalue weighted by Gasteiger charge is -2.34. The maximum Gasteiger partial charge on any atom is 0.230 e. The second-order valence-electron chi connectivity index (χ2n) is 8.16. The van der Waals surface area contributed by atoms with Gasteiger partial charge in [-0.2, -0.15) is 4.31 Å². The molecule has 12 nitrogen and oxygen atoms in total. The molecule has 1 aliphatic rings. The van der Waals surface area contributed by atoms with E-state index in [-0.39, 0.29) is 19.6 Å². The zero-order valence-corrected chi connectivity index (χ0v) is 21.7. The van der Waals surface area contributed by atoms with Crippen LogP contribution in [0.1, 0.15) is 43.8 Å². The number of aryl methyl sites for hydroxylation is 1. The number of sulfonamides is 1. The van der Waals surface area contributed by atoms with Crippen LogP contribution in [0.5, 0.6) is 0 Å². The number of anilines is 1. The number of nitrogens with one attached hydrogen (secondary N) is 1. The highest BCUT2D eigenvalue weighted by molar-refractivity contribution is 7.89. The molecule has 2 N–H and O–H groups in total. The molecule has 1 aliphatic heterocycles. The molecule has 4 heterocycles. The van der Waals surface area contributed by atoms with Crippen molar-refractivity contribution in [1.82, 2.24) is 34.7 Å². The minimum absolute atomic E-state index is 0. The van der Waals surface area contributed by atoms with Crippen molar-refractivity contribution in [2.75, 3.05) is 36.8 Å². The van der Waals surface area contributed by atoms with Gasteiger partial charge in [-0.05, 0) is 37.0 Å². The third-order valence-corrected chi connectivity index (χ3v) is 7.48. The van der Waals surface area contributed by atoms with Gasteiger partial charge in [-0.25, -0.2) is 38.8 Å². The van der Waals surface area contributed by atoms with Crippen molar-refractivity contribution in [1.29, 1.82) is 0 Å². The van der Waals surface area contributed by atoms with Crippen LogP contribution in [0.3, 0.4) is 0 Å². The fourth-order valence-electron chi connectivity index (χ4n) is 3.62. The molecule has 1 amide bonds. The predicted octanol–water partition coefficient (Wildman–Crippen LogP) is 1.68. The zero-order valence-electron chi connectivity index (χ0n) is 20.8. The van der Waals surface area contributed by atoms with Gasteiger partial charge in [0.25, 0.3) is 0 Å². The Kier molecular flexibility index (Phi) is 13.4. The van der Waals surface area contributed by atoms with E-state index in [1.165, 1.54) is 5.48 Å². The van der Waals surface area contributed by atoms with Crippen molar-refractivity contribution in [2.45, 2.75) is 33.1 Å². The molecule has 0 atom stereocenters. The van der Waals surface area contributed by atoms with Gasteiger partial charge in [0, 0.05) is 63.6 Å². The Balaban J connectivity index is 0.000000998. The fraction of sp³-hybridized carbons (Fsp3) is 0.385. The zero-order chi connectivity index (χ0) is 27.1.